The number of nitriles is 1. The third-order valence-corrected chi connectivity index (χ3v) is 3.65. The van der Waals surface area contributed by atoms with Gasteiger partial charge in [-0.05, 0) is 80.3 Å². The summed E-state index contributed by atoms with van der Waals surface area (Å²) in [6, 6.07) is 7.66. The molecule has 0 aliphatic rings. The first-order chi connectivity index (χ1) is 10.4. The third-order valence-electron chi connectivity index (χ3n) is 2.97. The second kappa shape index (κ2) is 9.43. The molecule has 0 heterocycles. The Bertz CT molecular complexity index is 590. The maximum Gasteiger partial charge on any atom is 0.267 e. The van der Waals surface area contributed by atoms with Crippen molar-refractivity contribution in [2.45, 2.75) is 13.3 Å². The number of nitrogens with zero attached hydrogens (tertiary/aromatic N) is 2. The first-order valence-electron chi connectivity index (χ1n) is 7.00. The Morgan fingerprint density at radius 2 is 2.18 bits per heavy atom. The summed E-state index contributed by atoms with van der Waals surface area (Å²) in [7, 11) is 4.01. The number of halogens is 1. The van der Waals surface area contributed by atoms with Crippen LogP contribution in [0.1, 0.15) is 12.0 Å². The normalized spacial score (nSPS) is 11.2. The number of anilines is 1. The molecule has 1 rings (SSSR count). The average Bonchev–Trinajstić information content (AvgIpc) is 2.45. The summed E-state index contributed by atoms with van der Waals surface area (Å²) < 4.78 is 1.10. The molecule has 0 aliphatic carbocycles. The van der Waals surface area contributed by atoms with E-state index in [0.29, 0.717) is 0 Å². The van der Waals surface area contributed by atoms with Crippen LogP contribution in [0.25, 0.3) is 0 Å². The molecule has 0 aliphatic heterocycles. The summed E-state index contributed by atoms with van der Waals surface area (Å²) in [4.78, 5) is 14.2. The van der Waals surface area contributed by atoms with E-state index in [2.05, 4.69) is 38.1 Å². The van der Waals surface area contributed by atoms with Gasteiger partial charge in [0.1, 0.15) is 11.6 Å². The van der Waals surface area contributed by atoms with Crippen LogP contribution in [0.3, 0.4) is 0 Å². The summed E-state index contributed by atoms with van der Waals surface area (Å²) in [5.74, 6) is -0.396. The summed E-state index contributed by atoms with van der Waals surface area (Å²) in [5, 5.41) is 14.9. The monoisotopic (exact) mass is 412 g/mol. The summed E-state index contributed by atoms with van der Waals surface area (Å²) >= 11 is 2.22. The van der Waals surface area contributed by atoms with E-state index in [0.717, 1.165) is 34.3 Å². The highest BCUT2D eigenvalue weighted by Gasteiger charge is 2.10. The first-order valence-corrected chi connectivity index (χ1v) is 8.08. The van der Waals surface area contributed by atoms with E-state index in [-0.39, 0.29) is 5.57 Å². The molecule has 0 aromatic heterocycles. The van der Waals surface area contributed by atoms with Gasteiger partial charge in [-0.2, -0.15) is 5.26 Å². The highest BCUT2D eigenvalue weighted by molar-refractivity contribution is 14.1. The van der Waals surface area contributed by atoms with Gasteiger partial charge in [0.25, 0.3) is 5.91 Å². The van der Waals surface area contributed by atoms with E-state index in [4.69, 9.17) is 5.26 Å². The molecule has 1 aromatic rings. The summed E-state index contributed by atoms with van der Waals surface area (Å²) in [6.45, 7) is 3.60. The van der Waals surface area contributed by atoms with Crippen LogP contribution in [0.4, 0.5) is 5.69 Å². The van der Waals surface area contributed by atoms with Gasteiger partial charge in [0, 0.05) is 22.0 Å². The van der Waals surface area contributed by atoms with Crippen LogP contribution in [0.5, 0.6) is 0 Å². The van der Waals surface area contributed by atoms with E-state index >= 15 is 0 Å². The Hall–Kier alpha value is -1.59. The van der Waals surface area contributed by atoms with E-state index in [9.17, 15) is 4.79 Å². The minimum absolute atomic E-state index is 0.0720. The predicted molar refractivity (Wildman–Crippen MR) is 97.4 cm³/mol. The quantitative estimate of drug-likeness (QED) is 0.313. The lowest BCUT2D eigenvalue weighted by Crippen LogP contribution is -2.20. The molecule has 0 saturated heterocycles. The Balaban J connectivity index is 2.59. The summed E-state index contributed by atoms with van der Waals surface area (Å²) in [5.41, 5.74) is 1.76. The fourth-order valence-electron chi connectivity index (χ4n) is 1.78. The molecular formula is C16H21IN4O. The second-order valence-electron chi connectivity index (χ2n) is 5.19. The second-order valence-corrected chi connectivity index (χ2v) is 6.44. The Labute approximate surface area is 145 Å². The van der Waals surface area contributed by atoms with Gasteiger partial charge in [0.15, 0.2) is 0 Å². The molecule has 0 atom stereocenters. The Morgan fingerprint density at radius 3 is 2.77 bits per heavy atom. The summed E-state index contributed by atoms with van der Waals surface area (Å²) in [6.07, 6.45) is 2.42. The smallest absolute Gasteiger partial charge is 0.267 e. The Kier molecular flexibility index (Phi) is 7.91. The van der Waals surface area contributed by atoms with Crippen molar-refractivity contribution >= 4 is 34.2 Å². The van der Waals surface area contributed by atoms with Crippen molar-refractivity contribution in [2.24, 2.45) is 0 Å². The predicted octanol–water partition coefficient (Wildman–Crippen LogP) is 2.49. The highest BCUT2D eigenvalue weighted by Crippen LogP contribution is 2.18. The van der Waals surface area contributed by atoms with Crippen molar-refractivity contribution in [3.8, 4) is 6.07 Å². The largest absolute Gasteiger partial charge is 0.390 e. The molecule has 2 N–H and O–H groups in total. The van der Waals surface area contributed by atoms with Crippen LogP contribution in [-0.2, 0) is 4.79 Å². The number of hydrogen-bond donors (Lipinski definition) is 2. The molecule has 0 radical (unpaired) electrons. The van der Waals surface area contributed by atoms with Crippen LogP contribution >= 0.6 is 22.6 Å². The minimum Gasteiger partial charge on any atom is -0.390 e. The molecule has 1 aromatic carbocycles. The molecule has 6 heteroatoms. The topological polar surface area (TPSA) is 68.2 Å². The van der Waals surface area contributed by atoms with Gasteiger partial charge in [-0.25, -0.2) is 0 Å². The molecule has 0 fully saturated rings. The lowest BCUT2D eigenvalue weighted by molar-refractivity contribution is -0.112. The lowest BCUT2D eigenvalue weighted by atomic mass is 10.2. The van der Waals surface area contributed by atoms with Crippen molar-refractivity contribution in [1.29, 1.82) is 5.26 Å². The van der Waals surface area contributed by atoms with Crippen LogP contribution in [0.15, 0.2) is 30.0 Å². The van der Waals surface area contributed by atoms with Crippen LogP contribution in [0.2, 0.25) is 0 Å². The molecule has 0 unspecified atom stereocenters. The van der Waals surface area contributed by atoms with Gasteiger partial charge >= 0.3 is 0 Å². The lowest BCUT2D eigenvalue weighted by Gasteiger charge is -2.10. The zero-order valence-corrected chi connectivity index (χ0v) is 15.3. The fourth-order valence-corrected chi connectivity index (χ4v) is 2.42. The standard InChI is InChI=1S/C16H21IN4O/c1-12-9-14(17)5-6-15(12)20-16(22)13(10-18)11-19-7-4-8-21(2)3/h5-6,9,11,19H,4,7-8H2,1-3H3,(H,20,22)/b13-11-. The number of amides is 1. The maximum absolute atomic E-state index is 12.1. The van der Waals surface area contributed by atoms with Gasteiger partial charge in [-0.1, -0.05) is 0 Å². The van der Waals surface area contributed by atoms with Gasteiger partial charge in [-0.15, -0.1) is 0 Å². The van der Waals surface area contributed by atoms with Crippen LogP contribution in [0, 0.1) is 21.8 Å². The molecule has 0 bridgehead atoms. The van der Waals surface area contributed by atoms with Gasteiger partial charge < -0.3 is 15.5 Å². The number of aryl methyl sites for hydroxylation is 1. The van der Waals surface area contributed by atoms with E-state index in [1.54, 1.807) is 0 Å². The van der Waals surface area contributed by atoms with Crippen molar-refractivity contribution in [3.63, 3.8) is 0 Å². The minimum atomic E-state index is -0.396. The van der Waals surface area contributed by atoms with E-state index in [1.165, 1.54) is 6.20 Å². The molecule has 22 heavy (non-hydrogen) atoms. The SMILES string of the molecule is Cc1cc(I)ccc1NC(=O)/C(C#N)=C\NCCCN(C)C. The third kappa shape index (κ3) is 6.45. The number of rotatable bonds is 7. The van der Waals surface area contributed by atoms with Crippen molar-refractivity contribution in [3.05, 3.63) is 39.1 Å². The number of nitrogens with one attached hydrogen (secondary N) is 2. The fraction of sp³-hybridized carbons (Fsp3) is 0.375. The van der Waals surface area contributed by atoms with Crippen molar-refractivity contribution in [2.75, 3.05) is 32.5 Å². The number of carbonyl (C=O) groups is 1. The molecule has 118 valence electrons. The van der Waals surface area contributed by atoms with E-state index < -0.39 is 5.91 Å². The van der Waals surface area contributed by atoms with Crippen molar-refractivity contribution < 1.29 is 4.79 Å². The zero-order chi connectivity index (χ0) is 16.5. The molecule has 0 spiro atoms. The number of benzene rings is 1. The van der Waals surface area contributed by atoms with Crippen LogP contribution < -0.4 is 10.6 Å². The zero-order valence-electron chi connectivity index (χ0n) is 13.1. The van der Waals surface area contributed by atoms with Crippen molar-refractivity contribution in [1.82, 2.24) is 10.2 Å². The number of hydrogen-bond acceptors (Lipinski definition) is 4. The molecule has 5 nitrogen and oxygen atoms in total. The first kappa shape index (κ1) is 18.5. The molecule has 1 amide bonds. The van der Waals surface area contributed by atoms with E-state index in [1.807, 2.05) is 45.3 Å². The number of carbonyl (C=O) groups excluding carboxylic acids is 1. The van der Waals surface area contributed by atoms with Gasteiger partial charge in [0.05, 0.1) is 0 Å². The maximum atomic E-state index is 12.1. The van der Waals surface area contributed by atoms with Crippen LogP contribution in [-0.4, -0.2) is 38.0 Å². The van der Waals surface area contributed by atoms with Gasteiger partial charge in [0.2, 0.25) is 0 Å². The molecular weight excluding hydrogens is 391 g/mol. The Morgan fingerprint density at radius 1 is 1.45 bits per heavy atom. The average molecular weight is 412 g/mol. The molecule has 0 saturated carbocycles. The van der Waals surface area contributed by atoms with Gasteiger partial charge in [-0.3, -0.25) is 4.79 Å². The highest BCUT2D eigenvalue weighted by atomic mass is 127.